The minimum atomic E-state index is 0.710. The number of aryl methyl sites for hydroxylation is 1. The van der Waals surface area contributed by atoms with Gasteiger partial charge in [-0.2, -0.15) is 0 Å². The van der Waals surface area contributed by atoms with Gasteiger partial charge in [0.05, 0.1) is 0 Å². The fraction of sp³-hybridized carbons (Fsp3) is 0.160. The smallest absolute Gasteiger partial charge is 0.150 e. The zero-order chi connectivity index (χ0) is 17.9. The van der Waals surface area contributed by atoms with Crippen molar-refractivity contribution in [2.24, 2.45) is 0 Å². The van der Waals surface area contributed by atoms with E-state index in [1.165, 1.54) is 45.5 Å². The van der Waals surface area contributed by atoms with Gasteiger partial charge < -0.3 is 0 Å². The van der Waals surface area contributed by atoms with E-state index >= 15 is 0 Å². The maximum absolute atomic E-state index is 11.0. The Labute approximate surface area is 154 Å². The van der Waals surface area contributed by atoms with Crippen molar-refractivity contribution in [2.75, 3.05) is 0 Å². The van der Waals surface area contributed by atoms with Crippen LogP contribution >= 0.6 is 0 Å². The van der Waals surface area contributed by atoms with Crippen LogP contribution in [0.2, 0.25) is 0 Å². The number of hydrogen-bond donors (Lipinski definition) is 0. The molecule has 0 spiro atoms. The number of benzene rings is 4. The summed E-state index contributed by atoms with van der Waals surface area (Å²) in [6, 6.07) is 25.3. The molecule has 0 aliphatic carbocycles. The largest absolute Gasteiger partial charge is 0.298 e. The van der Waals surface area contributed by atoms with Gasteiger partial charge in [-0.1, -0.05) is 86.1 Å². The van der Waals surface area contributed by atoms with E-state index in [9.17, 15) is 4.79 Å². The molecule has 0 atom stereocenters. The molecule has 0 heterocycles. The number of fused-ring (bicyclic) bond motifs is 2. The standard InChI is InChI=1S/C25H22O/c1-2-3-8-20-21-9-4-6-11-23(21)25(24-12-7-5-10-22(20)24)19-15-13-18(17-26)14-16-19/h4-7,9-17H,2-3,8H2,1H3. The number of hydrogen-bond acceptors (Lipinski definition) is 1. The third kappa shape index (κ3) is 2.80. The Morgan fingerprint density at radius 3 is 1.77 bits per heavy atom. The van der Waals surface area contributed by atoms with Gasteiger partial charge in [0.25, 0.3) is 0 Å². The molecule has 0 radical (unpaired) electrons. The highest BCUT2D eigenvalue weighted by molar-refractivity contribution is 6.15. The number of aldehydes is 1. The Morgan fingerprint density at radius 1 is 0.731 bits per heavy atom. The molecule has 1 nitrogen and oxygen atoms in total. The molecule has 0 aliphatic heterocycles. The zero-order valence-electron chi connectivity index (χ0n) is 15.0. The average Bonchev–Trinajstić information content (AvgIpc) is 2.71. The van der Waals surface area contributed by atoms with Crippen molar-refractivity contribution in [3.8, 4) is 11.1 Å². The first-order chi connectivity index (χ1) is 12.8. The van der Waals surface area contributed by atoms with E-state index in [0.29, 0.717) is 5.56 Å². The summed E-state index contributed by atoms with van der Waals surface area (Å²) in [6.45, 7) is 2.24. The molecule has 0 saturated heterocycles. The van der Waals surface area contributed by atoms with Crippen molar-refractivity contribution in [1.29, 1.82) is 0 Å². The summed E-state index contributed by atoms with van der Waals surface area (Å²) in [6.07, 6.45) is 4.38. The molecule has 4 aromatic rings. The van der Waals surface area contributed by atoms with E-state index in [-0.39, 0.29) is 0 Å². The van der Waals surface area contributed by atoms with Crippen LogP contribution in [0.25, 0.3) is 32.7 Å². The quantitative estimate of drug-likeness (QED) is 0.288. The van der Waals surface area contributed by atoms with E-state index in [4.69, 9.17) is 0 Å². The Morgan fingerprint density at radius 2 is 1.27 bits per heavy atom. The molecule has 0 saturated carbocycles. The molecule has 1 heteroatoms. The zero-order valence-corrected chi connectivity index (χ0v) is 15.0. The third-order valence-electron chi connectivity index (χ3n) is 5.16. The monoisotopic (exact) mass is 338 g/mol. The van der Waals surface area contributed by atoms with Crippen LogP contribution in [0.1, 0.15) is 35.7 Å². The van der Waals surface area contributed by atoms with Crippen molar-refractivity contribution < 1.29 is 4.79 Å². The molecular weight excluding hydrogens is 316 g/mol. The maximum Gasteiger partial charge on any atom is 0.150 e. The number of rotatable bonds is 5. The van der Waals surface area contributed by atoms with E-state index in [0.717, 1.165) is 18.3 Å². The molecule has 4 aromatic carbocycles. The van der Waals surface area contributed by atoms with Crippen LogP contribution in [0.3, 0.4) is 0 Å². The van der Waals surface area contributed by atoms with Crippen LogP contribution in [-0.4, -0.2) is 6.29 Å². The van der Waals surface area contributed by atoms with E-state index in [2.05, 4.69) is 67.6 Å². The summed E-state index contributed by atoms with van der Waals surface area (Å²) in [5.74, 6) is 0. The molecule has 128 valence electrons. The van der Waals surface area contributed by atoms with Crippen molar-refractivity contribution >= 4 is 27.8 Å². The highest BCUT2D eigenvalue weighted by atomic mass is 16.1. The lowest BCUT2D eigenvalue weighted by Gasteiger charge is -2.17. The van der Waals surface area contributed by atoms with Crippen LogP contribution < -0.4 is 0 Å². The molecule has 0 bridgehead atoms. The van der Waals surface area contributed by atoms with E-state index < -0.39 is 0 Å². The van der Waals surface area contributed by atoms with Gasteiger partial charge in [-0.3, -0.25) is 4.79 Å². The first kappa shape index (κ1) is 16.5. The molecule has 0 amide bonds. The topological polar surface area (TPSA) is 17.1 Å². The molecule has 26 heavy (non-hydrogen) atoms. The van der Waals surface area contributed by atoms with Crippen LogP contribution in [0.5, 0.6) is 0 Å². The van der Waals surface area contributed by atoms with Gasteiger partial charge >= 0.3 is 0 Å². The van der Waals surface area contributed by atoms with Gasteiger partial charge in [-0.15, -0.1) is 0 Å². The first-order valence-corrected chi connectivity index (χ1v) is 9.31. The predicted octanol–water partition coefficient (Wildman–Crippen LogP) is 6.82. The van der Waals surface area contributed by atoms with Crippen molar-refractivity contribution in [3.63, 3.8) is 0 Å². The van der Waals surface area contributed by atoms with Gasteiger partial charge in [0.1, 0.15) is 6.29 Å². The van der Waals surface area contributed by atoms with Crippen LogP contribution in [0.4, 0.5) is 0 Å². The average molecular weight is 338 g/mol. The fourth-order valence-electron chi connectivity index (χ4n) is 3.88. The number of carbonyl (C=O) groups is 1. The Hall–Kier alpha value is -2.93. The number of unbranched alkanes of at least 4 members (excludes halogenated alkanes) is 1. The number of carbonyl (C=O) groups excluding carboxylic acids is 1. The van der Waals surface area contributed by atoms with Gasteiger partial charge in [0.2, 0.25) is 0 Å². The molecule has 0 unspecified atom stereocenters. The van der Waals surface area contributed by atoms with E-state index in [1.54, 1.807) is 0 Å². The van der Waals surface area contributed by atoms with Crippen molar-refractivity contribution in [1.82, 2.24) is 0 Å². The van der Waals surface area contributed by atoms with Crippen LogP contribution in [-0.2, 0) is 6.42 Å². The minimum Gasteiger partial charge on any atom is -0.298 e. The van der Waals surface area contributed by atoms with Crippen molar-refractivity contribution in [3.05, 3.63) is 83.9 Å². The SMILES string of the molecule is CCCCc1c2ccccc2c(-c2ccc(C=O)cc2)c2ccccc12. The lowest BCUT2D eigenvalue weighted by molar-refractivity contribution is 0.112. The lowest BCUT2D eigenvalue weighted by Crippen LogP contribution is -1.94. The van der Waals surface area contributed by atoms with Gasteiger partial charge in [-0.25, -0.2) is 0 Å². The molecule has 0 fully saturated rings. The molecule has 0 aliphatic rings. The Kier molecular flexibility index (Phi) is 4.53. The Balaban J connectivity index is 2.09. The van der Waals surface area contributed by atoms with E-state index in [1.807, 2.05) is 12.1 Å². The molecule has 4 rings (SSSR count). The summed E-state index contributed by atoms with van der Waals surface area (Å²) >= 11 is 0. The summed E-state index contributed by atoms with van der Waals surface area (Å²) in [7, 11) is 0. The fourth-order valence-corrected chi connectivity index (χ4v) is 3.88. The second-order valence-corrected chi connectivity index (χ2v) is 6.79. The maximum atomic E-state index is 11.0. The molecule has 0 aromatic heterocycles. The molecular formula is C25H22O. The summed E-state index contributed by atoms with van der Waals surface area (Å²) in [5.41, 5.74) is 4.58. The summed E-state index contributed by atoms with van der Waals surface area (Å²) in [5, 5.41) is 5.26. The normalized spacial score (nSPS) is 11.1. The minimum absolute atomic E-state index is 0.710. The summed E-state index contributed by atoms with van der Waals surface area (Å²) < 4.78 is 0. The third-order valence-corrected chi connectivity index (χ3v) is 5.16. The second kappa shape index (κ2) is 7.13. The first-order valence-electron chi connectivity index (χ1n) is 9.31. The molecule has 0 N–H and O–H groups in total. The second-order valence-electron chi connectivity index (χ2n) is 6.79. The summed E-state index contributed by atoms with van der Waals surface area (Å²) in [4.78, 5) is 11.0. The van der Waals surface area contributed by atoms with Crippen molar-refractivity contribution in [2.45, 2.75) is 26.2 Å². The van der Waals surface area contributed by atoms with Gasteiger partial charge in [0, 0.05) is 5.56 Å². The van der Waals surface area contributed by atoms with Gasteiger partial charge in [-0.05, 0) is 51.1 Å². The highest BCUT2D eigenvalue weighted by Crippen LogP contribution is 2.39. The van der Waals surface area contributed by atoms with Crippen LogP contribution in [0.15, 0.2) is 72.8 Å². The lowest BCUT2D eigenvalue weighted by atomic mass is 9.87. The Bertz CT molecular complexity index is 1020. The van der Waals surface area contributed by atoms with Gasteiger partial charge in [0.15, 0.2) is 0 Å². The highest BCUT2D eigenvalue weighted by Gasteiger charge is 2.14. The predicted molar refractivity (Wildman–Crippen MR) is 111 cm³/mol. The van der Waals surface area contributed by atoms with Crippen LogP contribution in [0, 0.1) is 0 Å².